The molecule has 1 rings (SSSR count). The summed E-state index contributed by atoms with van der Waals surface area (Å²) in [6.45, 7) is 2.85. The van der Waals surface area contributed by atoms with Crippen LogP contribution in [0.5, 0.6) is 0 Å². The third-order valence-electron chi connectivity index (χ3n) is 2.19. The van der Waals surface area contributed by atoms with Crippen LogP contribution in [0.4, 0.5) is 0 Å². The molecule has 3 nitrogen and oxygen atoms in total. The molecular weight excluding hydrogens is 216 g/mol. The van der Waals surface area contributed by atoms with Crippen LogP contribution in [-0.4, -0.2) is 19.7 Å². The zero-order valence-corrected chi connectivity index (χ0v) is 10.3. The first-order chi connectivity index (χ1) is 8.26. The summed E-state index contributed by atoms with van der Waals surface area (Å²) in [5, 5.41) is 0. The number of ether oxygens (including phenoxy) is 2. The number of rotatable bonds is 6. The highest BCUT2D eigenvalue weighted by molar-refractivity contribution is 5.72. The van der Waals surface area contributed by atoms with E-state index in [9.17, 15) is 4.79 Å². The second-order valence-electron chi connectivity index (χ2n) is 3.59. The molecule has 0 bridgehead atoms. The molecule has 0 saturated heterocycles. The Hall–Kier alpha value is -1.61. The number of carbonyl (C=O) groups excluding carboxylic acids is 1. The van der Waals surface area contributed by atoms with Crippen LogP contribution in [0.2, 0.25) is 0 Å². The van der Waals surface area contributed by atoms with Gasteiger partial charge in [0.05, 0.1) is 19.6 Å². The maximum Gasteiger partial charge on any atom is 0.309 e. The van der Waals surface area contributed by atoms with Gasteiger partial charge in [-0.05, 0) is 18.1 Å². The zero-order valence-electron chi connectivity index (χ0n) is 10.3. The summed E-state index contributed by atoms with van der Waals surface area (Å²) in [7, 11) is 1.67. The van der Waals surface area contributed by atoms with Gasteiger partial charge in [0.2, 0.25) is 0 Å². The molecule has 0 heterocycles. The molecule has 0 atom stereocenters. The predicted molar refractivity (Wildman–Crippen MR) is 67.4 cm³/mol. The smallest absolute Gasteiger partial charge is 0.309 e. The van der Waals surface area contributed by atoms with Crippen LogP contribution in [0.25, 0.3) is 6.08 Å². The van der Waals surface area contributed by atoms with Crippen LogP contribution in [-0.2, 0) is 20.9 Å². The molecule has 1 aromatic carbocycles. The van der Waals surface area contributed by atoms with E-state index in [1.807, 2.05) is 36.4 Å². The Labute approximate surface area is 102 Å². The molecule has 0 spiro atoms. The van der Waals surface area contributed by atoms with Crippen LogP contribution in [0.15, 0.2) is 30.3 Å². The molecule has 0 aliphatic carbocycles. The number of esters is 1. The van der Waals surface area contributed by atoms with Gasteiger partial charge in [-0.1, -0.05) is 36.4 Å². The van der Waals surface area contributed by atoms with Crippen molar-refractivity contribution in [3.8, 4) is 0 Å². The lowest BCUT2D eigenvalue weighted by atomic mass is 10.1. The van der Waals surface area contributed by atoms with Gasteiger partial charge in [0.25, 0.3) is 0 Å². The maximum atomic E-state index is 11.1. The van der Waals surface area contributed by atoms with E-state index in [0.717, 1.165) is 11.1 Å². The van der Waals surface area contributed by atoms with Crippen LogP contribution in [0, 0.1) is 0 Å². The lowest BCUT2D eigenvalue weighted by molar-refractivity contribution is -0.142. The fourth-order valence-corrected chi connectivity index (χ4v) is 1.40. The first kappa shape index (κ1) is 13.5. The highest BCUT2D eigenvalue weighted by Gasteiger charge is 1.96. The van der Waals surface area contributed by atoms with Crippen molar-refractivity contribution >= 4 is 12.0 Å². The minimum atomic E-state index is -0.195. The van der Waals surface area contributed by atoms with Crippen molar-refractivity contribution in [1.82, 2.24) is 0 Å². The SMILES string of the molecule is CCOC(=O)CC=Cc1ccc(COC)cc1. The van der Waals surface area contributed by atoms with Gasteiger partial charge in [0.1, 0.15) is 0 Å². The minimum absolute atomic E-state index is 0.195. The van der Waals surface area contributed by atoms with Crippen LogP contribution < -0.4 is 0 Å². The zero-order chi connectivity index (χ0) is 12.5. The van der Waals surface area contributed by atoms with Crippen molar-refractivity contribution in [3.63, 3.8) is 0 Å². The van der Waals surface area contributed by atoms with Gasteiger partial charge in [-0.3, -0.25) is 4.79 Å². The fourth-order valence-electron chi connectivity index (χ4n) is 1.40. The average Bonchev–Trinajstić information content (AvgIpc) is 2.32. The number of methoxy groups -OCH3 is 1. The Morgan fingerprint density at radius 2 is 2.00 bits per heavy atom. The Kier molecular flexibility index (Phi) is 6.04. The van der Waals surface area contributed by atoms with Gasteiger partial charge in [-0.15, -0.1) is 0 Å². The van der Waals surface area contributed by atoms with Crippen molar-refractivity contribution < 1.29 is 14.3 Å². The first-order valence-corrected chi connectivity index (χ1v) is 5.66. The molecule has 0 aliphatic heterocycles. The molecule has 0 radical (unpaired) electrons. The summed E-state index contributed by atoms with van der Waals surface area (Å²) in [5.74, 6) is -0.195. The summed E-state index contributed by atoms with van der Waals surface area (Å²) in [4.78, 5) is 11.1. The normalized spacial score (nSPS) is 10.7. The second-order valence-corrected chi connectivity index (χ2v) is 3.59. The Balaban J connectivity index is 2.45. The number of carbonyl (C=O) groups is 1. The van der Waals surface area contributed by atoms with Crippen LogP contribution in [0.1, 0.15) is 24.5 Å². The predicted octanol–water partition coefficient (Wildman–Crippen LogP) is 2.80. The first-order valence-electron chi connectivity index (χ1n) is 5.66. The topological polar surface area (TPSA) is 35.5 Å². The monoisotopic (exact) mass is 234 g/mol. The summed E-state index contributed by atoms with van der Waals surface area (Å²) in [6.07, 6.45) is 4.03. The average molecular weight is 234 g/mol. The molecule has 0 N–H and O–H groups in total. The highest BCUT2D eigenvalue weighted by Crippen LogP contribution is 2.07. The second kappa shape index (κ2) is 7.63. The lowest BCUT2D eigenvalue weighted by Crippen LogP contribution is -2.01. The lowest BCUT2D eigenvalue weighted by Gasteiger charge is -2.00. The summed E-state index contributed by atoms with van der Waals surface area (Å²) in [5.41, 5.74) is 2.20. The maximum absolute atomic E-state index is 11.1. The van der Waals surface area contributed by atoms with Crippen LogP contribution in [0.3, 0.4) is 0 Å². The van der Waals surface area contributed by atoms with Gasteiger partial charge in [0.15, 0.2) is 0 Å². The molecule has 1 aromatic rings. The number of benzene rings is 1. The van der Waals surface area contributed by atoms with Crippen molar-refractivity contribution in [3.05, 3.63) is 41.5 Å². The van der Waals surface area contributed by atoms with E-state index in [4.69, 9.17) is 9.47 Å². The Morgan fingerprint density at radius 3 is 2.59 bits per heavy atom. The van der Waals surface area contributed by atoms with E-state index < -0.39 is 0 Å². The molecule has 92 valence electrons. The van der Waals surface area contributed by atoms with E-state index in [2.05, 4.69) is 0 Å². The fraction of sp³-hybridized carbons (Fsp3) is 0.357. The molecule has 0 amide bonds. The standard InChI is InChI=1S/C14H18O3/c1-3-17-14(15)6-4-5-12-7-9-13(10-8-12)11-16-2/h4-5,7-10H,3,6,11H2,1-2H3. The highest BCUT2D eigenvalue weighted by atomic mass is 16.5. The number of hydrogen-bond acceptors (Lipinski definition) is 3. The third-order valence-corrected chi connectivity index (χ3v) is 2.19. The van der Waals surface area contributed by atoms with Gasteiger partial charge < -0.3 is 9.47 Å². The summed E-state index contributed by atoms with van der Waals surface area (Å²) >= 11 is 0. The molecular formula is C14H18O3. The van der Waals surface area contributed by atoms with Gasteiger partial charge in [-0.25, -0.2) is 0 Å². The van der Waals surface area contributed by atoms with Crippen molar-refractivity contribution in [2.45, 2.75) is 20.0 Å². The molecule has 0 aromatic heterocycles. The summed E-state index contributed by atoms with van der Waals surface area (Å²) in [6, 6.07) is 8.01. The molecule has 0 unspecified atom stereocenters. The minimum Gasteiger partial charge on any atom is -0.466 e. The van der Waals surface area contributed by atoms with Crippen molar-refractivity contribution in [2.24, 2.45) is 0 Å². The number of hydrogen-bond donors (Lipinski definition) is 0. The summed E-state index contributed by atoms with van der Waals surface area (Å²) < 4.78 is 9.85. The van der Waals surface area contributed by atoms with E-state index in [0.29, 0.717) is 19.6 Å². The molecule has 0 fully saturated rings. The molecule has 17 heavy (non-hydrogen) atoms. The van der Waals surface area contributed by atoms with Crippen molar-refractivity contribution in [2.75, 3.05) is 13.7 Å². The van der Waals surface area contributed by atoms with E-state index >= 15 is 0 Å². The van der Waals surface area contributed by atoms with Crippen LogP contribution >= 0.6 is 0 Å². The largest absolute Gasteiger partial charge is 0.466 e. The van der Waals surface area contributed by atoms with Gasteiger partial charge >= 0.3 is 5.97 Å². The molecule has 3 heteroatoms. The van der Waals surface area contributed by atoms with Gasteiger partial charge in [-0.2, -0.15) is 0 Å². The van der Waals surface area contributed by atoms with E-state index in [1.54, 1.807) is 14.0 Å². The van der Waals surface area contributed by atoms with Gasteiger partial charge in [0, 0.05) is 7.11 Å². The molecule has 0 aliphatic rings. The third kappa shape index (κ3) is 5.31. The Bertz CT molecular complexity index is 366. The quantitative estimate of drug-likeness (QED) is 0.710. The Morgan fingerprint density at radius 1 is 1.29 bits per heavy atom. The van der Waals surface area contributed by atoms with Crippen molar-refractivity contribution in [1.29, 1.82) is 0 Å². The van der Waals surface area contributed by atoms with E-state index in [1.165, 1.54) is 0 Å². The molecule has 0 saturated carbocycles. The van der Waals surface area contributed by atoms with E-state index in [-0.39, 0.29) is 5.97 Å².